The van der Waals surface area contributed by atoms with Crippen LogP contribution in [0.25, 0.3) is 0 Å². The number of fused-ring (bicyclic) bond motifs is 1. The fourth-order valence-corrected chi connectivity index (χ4v) is 2.95. The van der Waals surface area contributed by atoms with Crippen LogP contribution in [0.4, 0.5) is 5.69 Å². The van der Waals surface area contributed by atoms with E-state index in [1.165, 1.54) is 17.5 Å². The molecule has 2 aromatic rings. The molecular weight excluding hydrogens is 286 g/mol. The molecule has 1 aliphatic rings. The Bertz CT molecular complexity index is 706. The van der Waals surface area contributed by atoms with Gasteiger partial charge in [0.1, 0.15) is 6.54 Å². The molecule has 0 spiro atoms. The first kappa shape index (κ1) is 14.1. The predicted molar refractivity (Wildman–Crippen MR) is 83.8 cm³/mol. The molecule has 0 bridgehead atoms. The number of nitrogens with zero attached hydrogens (tertiary/aromatic N) is 2. The number of amides is 1. The van der Waals surface area contributed by atoms with E-state index in [-0.39, 0.29) is 12.5 Å². The summed E-state index contributed by atoms with van der Waals surface area (Å²) in [4.78, 5) is 12.1. The molecule has 0 saturated heterocycles. The minimum atomic E-state index is -0.0878. The lowest BCUT2D eigenvalue weighted by molar-refractivity contribution is -0.116. The highest BCUT2D eigenvalue weighted by Crippen LogP contribution is 2.25. The maximum atomic E-state index is 12.1. The van der Waals surface area contributed by atoms with Crippen LogP contribution in [-0.2, 0) is 24.2 Å². The van der Waals surface area contributed by atoms with Gasteiger partial charge >= 0.3 is 0 Å². The summed E-state index contributed by atoms with van der Waals surface area (Å²) in [5.41, 5.74) is 5.17. The number of aromatic nitrogens is 2. The van der Waals surface area contributed by atoms with Crippen molar-refractivity contribution in [3.05, 3.63) is 45.7 Å². The minimum absolute atomic E-state index is 0.0878. The molecule has 0 saturated carbocycles. The van der Waals surface area contributed by atoms with Gasteiger partial charge in [0.2, 0.25) is 5.91 Å². The molecule has 21 heavy (non-hydrogen) atoms. The highest BCUT2D eigenvalue weighted by atomic mass is 35.5. The first-order chi connectivity index (χ1) is 10.0. The predicted octanol–water partition coefficient (Wildman–Crippen LogP) is 3.28. The quantitative estimate of drug-likeness (QED) is 0.946. The first-order valence-electron chi connectivity index (χ1n) is 7.16. The Morgan fingerprint density at radius 3 is 2.81 bits per heavy atom. The monoisotopic (exact) mass is 303 g/mol. The van der Waals surface area contributed by atoms with Crippen LogP contribution in [0.5, 0.6) is 0 Å². The number of rotatable bonds is 3. The SMILES string of the molecule is Cc1nn(CC(=O)Nc2ccc3c(c2)CCC3)c(C)c1Cl. The molecule has 1 amide bonds. The number of nitrogens with one attached hydrogen (secondary N) is 1. The molecule has 0 unspecified atom stereocenters. The number of carbonyl (C=O) groups excluding carboxylic acids is 1. The average molecular weight is 304 g/mol. The maximum absolute atomic E-state index is 12.1. The van der Waals surface area contributed by atoms with E-state index >= 15 is 0 Å². The van der Waals surface area contributed by atoms with Crippen molar-refractivity contribution >= 4 is 23.2 Å². The summed E-state index contributed by atoms with van der Waals surface area (Å²) in [6.45, 7) is 3.88. The van der Waals surface area contributed by atoms with Crippen molar-refractivity contribution in [3.8, 4) is 0 Å². The number of hydrogen-bond donors (Lipinski definition) is 1. The van der Waals surface area contributed by atoms with Crippen molar-refractivity contribution in [3.63, 3.8) is 0 Å². The average Bonchev–Trinajstić information content (AvgIpc) is 3.00. The van der Waals surface area contributed by atoms with Gasteiger partial charge in [-0.15, -0.1) is 0 Å². The van der Waals surface area contributed by atoms with Crippen LogP contribution in [0.15, 0.2) is 18.2 Å². The number of aryl methyl sites for hydroxylation is 3. The highest BCUT2D eigenvalue weighted by Gasteiger charge is 2.14. The fraction of sp³-hybridized carbons (Fsp3) is 0.375. The van der Waals surface area contributed by atoms with Crippen LogP contribution in [0, 0.1) is 13.8 Å². The topological polar surface area (TPSA) is 46.9 Å². The van der Waals surface area contributed by atoms with Gasteiger partial charge in [-0.3, -0.25) is 9.48 Å². The third-order valence-electron chi connectivity index (χ3n) is 3.97. The Balaban J connectivity index is 1.70. The third-order valence-corrected chi connectivity index (χ3v) is 4.52. The number of carbonyl (C=O) groups is 1. The molecule has 1 aliphatic carbocycles. The Morgan fingerprint density at radius 2 is 2.10 bits per heavy atom. The maximum Gasteiger partial charge on any atom is 0.246 e. The van der Waals surface area contributed by atoms with Crippen molar-refractivity contribution in [1.29, 1.82) is 0 Å². The molecule has 3 rings (SSSR count). The van der Waals surface area contributed by atoms with Gasteiger partial charge in [-0.2, -0.15) is 5.10 Å². The van der Waals surface area contributed by atoms with E-state index < -0.39 is 0 Å². The number of hydrogen-bond acceptors (Lipinski definition) is 2. The minimum Gasteiger partial charge on any atom is -0.324 e. The lowest BCUT2D eigenvalue weighted by Crippen LogP contribution is -2.20. The molecule has 1 aromatic carbocycles. The van der Waals surface area contributed by atoms with Crippen LogP contribution in [0.1, 0.15) is 28.9 Å². The molecule has 1 aromatic heterocycles. The first-order valence-corrected chi connectivity index (χ1v) is 7.53. The second-order valence-electron chi connectivity index (χ2n) is 5.53. The number of halogens is 1. The summed E-state index contributed by atoms with van der Waals surface area (Å²) in [6.07, 6.45) is 3.46. The Morgan fingerprint density at radius 1 is 1.33 bits per heavy atom. The van der Waals surface area contributed by atoms with Gasteiger partial charge < -0.3 is 5.32 Å². The van der Waals surface area contributed by atoms with E-state index in [2.05, 4.69) is 22.5 Å². The van der Waals surface area contributed by atoms with E-state index in [1.807, 2.05) is 19.9 Å². The van der Waals surface area contributed by atoms with Crippen LogP contribution < -0.4 is 5.32 Å². The van der Waals surface area contributed by atoms with Gasteiger partial charge in [-0.25, -0.2) is 0 Å². The summed E-state index contributed by atoms with van der Waals surface area (Å²) >= 11 is 6.09. The summed E-state index contributed by atoms with van der Waals surface area (Å²) in [5.74, 6) is -0.0878. The molecule has 0 atom stereocenters. The molecule has 5 heteroatoms. The summed E-state index contributed by atoms with van der Waals surface area (Å²) in [6, 6.07) is 6.16. The van der Waals surface area contributed by atoms with Crippen LogP contribution in [0.3, 0.4) is 0 Å². The zero-order valence-electron chi connectivity index (χ0n) is 12.2. The summed E-state index contributed by atoms with van der Waals surface area (Å²) in [7, 11) is 0. The van der Waals surface area contributed by atoms with Crippen molar-refractivity contribution in [2.45, 2.75) is 39.7 Å². The van der Waals surface area contributed by atoms with Gasteiger partial charge in [-0.1, -0.05) is 17.7 Å². The standard InChI is InChI=1S/C16H18ClN3O/c1-10-16(17)11(2)20(19-10)9-15(21)18-14-7-6-12-4-3-5-13(12)8-14/h6-8H,3-5,9H2,1-2H3,(H,18,21). The van der Waals surface area contributed by atoms with Gasteiger partial charge in [0, 0.05) is 5.69 Å². The van der Waals surface area contributed by atoms with Crippen molar-refractivity contribution in [1.82, 2.24) is 9.78 Å². The lowest BCUT2D eigenvalue weighted by Gasteiger charge is -2.08. The van der Waals surface area contributed by atoms with Gasteiger partial charge in [0.25, 0.3) is 0 Å². The summed E-state index contributed by atoms with van der Waals surface area (Å²) in [5, 5.41) is 7.83. The zero-order valence-corrected chi connectivity index (χ0v) is 13.0. The number of anilines is 1. The van der Waals surface area contributed by atoms with E-state index in [9.17, 15) is 4.79 Å². The molecule has 0 fully saturated rings. The van der Waals surface area contributed by atoms with Crippen molar-refractivity contribution in [2.24, 2.45) is 0 Å². The molecule has 1 N–H and O–H groups in total. The normalized spacial score (nSPS) is 13.3. The van der Waals surface area contributed by atoms with Crippen molar-refractivity contribution in [2.75, 3.05) is 5.32 Å². The molecule has 1 heterocycles. The van der Waals surface area contributed by atoms with Crippen LogP contribution >= 0.6 is 11.6 Å². The lowest BCUT2D eigenvalue weighted by atomic mass is 10.1. The molecule has 0 radical (unpaired) electrons. The number of benzene rings is 1. The second kappa shape index (κ2) is 5.53. The zero-order chi connectivity index (χ0) is 15.0. The molecular formula is C16H18ClN3O. The molecule has 4 nitrogen and oxygen atoms in total. The summed E-state index contributed by atoms with van der Waals surface area (Å²) < 4.78 is 1.64. The van der Waals surface area contributed by atoms with Gasteiger partial charge in [0.05, 0.1) is 16.4 Å². The Labute approximate surface area is 129 Å². The van der Waals surface area contributed by atoms with Gasteiger partial charge in [-0.05, 0) is 56.4 Å². The molecule has 0 aliphatic heterocycles. The second-order valence-corrected chi connectivity index (χ2v) is 5.91. The van der Waals surface area contributed by atoms with E-state index in [4.69, 9.17) is 11.6 Å². The van der Waals surface area contributed by atoms with Crippen molar-refractivity contribution < 1.29 is 4.79 Å². The fourth-order valence-electron chi connectivity index (χ4n) is 2.82. The van der Waals surface area contributed by atoms with Crippen LogP contribution in [0.2, 0.25) is 5.02 Å². The van der Waals surface area contributed by atoms with E-state index in [1.54, 1.807) is 4.68 Å². The Kier molecular flexibility index (Phi) is 3.72. The smallest absolute Gasteiger partial charge is 0.246 e. The Hall–Kier alpha value is -1.81. The van der Waals surface area contributed by atoms with Crippen LogP contribution in [-0.4, -0.2) is 15.7 Å². The van der Waals surface area contributed by atoms with E-state index in [0.717, 1.165) is 29.9 Å². The molecule has 110 valence electrons. The van der Waals surface area contributed by atoms with Gasteiger partial charge in [0.15, 0.2) is 0 Å². The largest absolute Gasteiger partial charge is 0.324 e. The highest BCUT2D eigenvalue weighted by molar-refractivity contribution is 6.31. The third kappa shape index (κ3) is 2.81. The van der Waals surface area contributed by atoms with E-state index in [0.29, 0.717) is 5.02 Å².